The smallest absolute Gasteiger partial charge is 0.227 e. The fourth-order valence-electron chi connectivity index (χ4n) is 3.79. The SMILES string of the molecule is CC(=O)NC1(c2noc(CCC(=O)Nc3cc(Br)ccc3C)n2)CCCCCC1. The molecule has 1 aliphatic carbocycles. The number of anilines is 1. The van der Waals surface area contributed by atoms with Crippen LogP contribution in [0.5, 0.6) is 0 Å². The zero-order valence-electron chi connectivity index (χ0n) is 16.9. The molecule has 156 valence electrons. The summed E-state index contributed by atoms with van der Waals surface area (Å²) in [5.41, 5.74) is 1.20. The first-order valence-electron chi connectivity index (χ1n) is 10.1. The molecule has 0 atom stereocenters. The standard InChI is InChI=1S/C21H27BrN4O3/c1-14-7-8-16(22)13-17(14)23-18(28)9-10-19-24-20(26-29-19)21(25-15(2)27)11-5-3-4-6-12-21/h7-8,13H,3-6,9-12H2,1-2H3,(H,23,28)(H,25,27). The zero-order valence-corrected chi connectivity index (χ0v) is 18.5. The minimum atomic E-state index is -0.570. The van der Waals surface area contributed by atoms with E-state index >= 15 is 0 Å². The van der Waals surface area contributed by atoms with Crippen LogP contribution < -0.4 is 10.6 Å². The lowest BCUT2D eigenvalue weighted by molar-refractivity contribution is -0.121. The fraction of sp³-hybridized carbons (Fsp3) is 0.524. The lowest BCUT2D eigenvalue weighted by atomic mass is 9.89. The lowest BCUT2D eigenvalue weighted by Crippen LogP contribution is -2.45. The summed E-state index contributed by atoms with van der Waals surface area (Å²) in [5.74, 6) is 0.724. The summed E-state index contributed by atoms with van der Waals surface area (Å²) in [7, 11) is 0. The largest absolute Gasteiger partial charge is 0.343 e. The number of rotatable bonds is 6. The summed E-state index contributed by atoms with van der Waals surface area (Å²) in [6, 6.07) is 5.75. The van der Waals surface area contributed by atoms with Crippen LogP contribution in [0.2, 0.25) is 0 Å². The molecule has 1 aliphatic rings. The van der Waals surface area contributed by atoms with Crippen molar-refractivity contribution >= 4 is 33.4 Å². The Morgan fingerprint density at radius 2 is 1.93 bits per heavy atom. The van der Waals surface area contributed by atoms with E-state index < -0.39 is 5.54 Å². The highest BCUT2D eigenvalue weighted by Crippen LogP contribution is 2.34. The monoisotopic (exact) mass is 462 g/mol. The predicted molar refractivity (Wildman–Crippen MR) is 113 cm³/mol. The number of hydrogen-bond donors (Lipinski definition) is 2. The molecule has 2 N–H and O–H groups in total. The molecule has 1 fully saturated rings. The number of aromatic nitrogens is 2. The van der Waals surface area contributed by atoms with Gasteiger partial charge in [-0.1, -0.05) is 52.8 Å². The van der Waals surface area contributed by atoms with Gasteiger partial charge >= 0.3 is 0 Å². The molecule has 2 amide bonds. The van der Waals surface area contributed by atoms with Gasteiger partial charge in [0, 0.05) is 29.9 Å². The van der Waals surface area contributed by atoms with Gasteiger partial charge < -0.3 is 15.2 Å². The highest BCUT2D eigenvalue weighted by atomic mass is 79.9. The molecule has 0 saturated heterocycles. The number of benzene rings is 1. The average Bonchev–Trinajstić information content (AvgIpc) is 3.03. The van der Waals surface area contributed by atoms with Gasteiger partial charge in [0.2, 0.25) is 17.7 Å². The molecule has 0 spiro atoms. The van der Waals surface area contributed by atoms with Gasteiger partial charge in [-0.25, -0.2) is 0 Å². The molecule has 0 bridgehead atoms. The second kappa shape index (κ2) is 9.52. The fourth-order valence-corrected chi connectivity index (χ4v) is 4.15. The number of hydrogen-bond acceptors (Lipinski definition) is 5. The Hall–Kier alpha value is -2.22. The van der Waals surface area contributed by atoms with E-state index in [1.807, 2.05) is 25.1 Å². The van der Waals surface area contributed by atoms with Crippen LogP contribution >= 0.6 is 15.9 Å². The van der Waals surface area contributed by atoms with Crippen LogP contribution in [0.1, 0.15) is 69.1 Å². The third-order valence-electron chi connectivity index (χ3n) is 5.31. The Labute approximate surface area is 179 Å². The van der Waals surface area contributed by atoms with E-state index in [9.17, 15) is 9.59 Å². The summed E-state index contributed by atoms with van der Waals surface area (Å²) in [6.45, 7) is 3.46. The maximum Gasteiger partial charge on any atom is 0.227 e. The topological polar surface area (TPSA) is 97.1 Å². The van der Waals surface area contributed by atoms with Gasteiger partial charge in [0.05, 0.1) is 0 Å². The van der Waals surface area contributed by atoms with E-state index in [4.69, 9.17) is 4.52 Å². The van der Waals surface area contributed by atoms with Crippen LogP contribution in [0, 0.1) is 6.92 Å². The second-order valence-electron chi connectivity index (χ2n) is 7.70. The van der Waals surface area contributed by atoms with Crippen LogP contribution in [-0.2, 0) is 21.5 Å². The van der Waals surface area contributed by atoms with Crippen molar-refractivity contribution in [3.05, 3.63) is 40.0 Å². The van der Waals surface area contributed by atoms with Crippen LogP contribution in [-0.4, -0.2) is 22.0 Å². The lowest BCUT2D eigenvalue weighted by Gasteiger charge is -2.30. The molecule has 29 heavy (non-hydrogen) atoms. The Bertz CT molecular complexity index is 873. The van der Waals surface area contributed by atoms with Crippen LogP contribution in [0.3, 0.4) is 0 Å². The van der Waals surface area contributed by atoms with E-state index in [0.717, 1.165) is 54.2 Å². The van der Waals surface area contributed by atoms with E-state index in [-0.39, 0.29) is 18.2 Å². The highest BCUT2D eigenvalue weighted by molar-refractivity contribution is 9.10. The van der Waals surface area contributed by atoms with Crippen molar-refractivity contribution in [2.24, 2.45) is 0 Å². The third-order valence-corrected chi connectivity index (χ3v) is 5.80. The van der Waals surface area contributed by atoms with Gasteiger partial charge in [-0.15, -0.1) is 0 Å². The van der Waals surface area contributed by atoms with Crippen LogP contribution in [0.15, 0.2) is 27.2 Å². The minimum Gasteiger partial charge on any atom is -0.343 e. The van der Waals surface area contributed by atoms with Crippen LogP contribution in [0.25, 0.3) is 0 Å². The Morgan fingerprint density at radius 3 is 2.62 bits per heavy atom. The molecule has 1 aromatic carbocycles. The Kier molecular flexibility index (Phi) is 7.05. The molecule has 7 nitrogen and oxygen atoms in total. The number of amides is 2. The molecular weight excluding hydrogens is 436 g/mol. The number of nitrogens with zero attached hydrogens (tertiary/aromatic N) is 2. The van der Waals surface area contributed by atoms with Gasteiger partial charge in [-0.2, -0.15) is 4.98 Å². The van der Waals surface area contributed by atoms with Crippen molar-refractivity contribution in [3.8, 4) is 0 Å². The van der Waals surface area contributed by atoms with Gasteiger partial charge in [0.1, 0.15) is 5.54 Å². The van der Waals surface area contributed by atoms with Crippen molar-refractivity contribution in [1.82, 2.24) is 15.5 Å². The summed E-state index contributed by atoms with van der Waals surface area (Å²) >= 11 is 3.42. The van der Waals surface area contributed by atoms with E-state index in [2.05, 4.69) is 36.7 Å². The average molecular weight is 463 g/mol. The van der Waals surface area contributed by atoms with Gasteiger partial charge in [0.15, 0.2) is 5.82 Å². The maximum absolute atomic E-state index is 12.3. The quantitative estimate of drug-likeness (QED) is 0.619. The highest BCUT2D eigenvalue weighted by Gasteiger charge is 2.38. The molecule has 8 heteroatoms. The van der Waals surface area contributed by atoms with Gasteiger partial charge in [0.25, 0.3) is 0 Å². The van der Waals surface area contributed by atoms with Crippen molar-refractivity contribution in [1.29, 1.82) is 0 Å². The van der Waals surface area contributed by atoms with E-state index in [1.165, 1.54) is 6.92 Å². The van der Waals surface area contributed by atoms with E-state index in [0.29, 0.717) is 18.1 Å². The number of carbonyl (C=O) groups excluding carboxylic acids is 2. The molecule has 0 aliphatic heterocycles. The van der Waals surface area contributed by atoms with Crippen LogP contribution in [0.4, 0.5) is 5.69 Å². The zero-order chi connectivity index (χ0) is 20.9. The number of halogens is 1. The molecule has 1 aromatic heterocycles. The maximum atomic E-state index is 12.3. The second-order valence-corrected chi connectivity index (χ2v) is 8.61. The van der Waals surface area contributed by atoms with Crippen molar-refractivity contribution in [2.45, 2.75) is 70.8 Å². The number of carbonyl (C=O) groups is 2. The molecule has 0 radical (unpaired) electrons. The summed E-state index contributed by atoms with van der Waals surface area (Å²) < 4.78 is 6.32. The molecule has 1 heterocycles. The molecule has 0 unspecified atom stereocenters. The van der Waals surface area contributed by atoms with E-state index in [1.54, 1.807) is 0 Å². The molecular formula is C21H27BrN4O3. The van der Waals surface area contributed by atoms with Crippen molar-refractivity contribution in [3.63, 3.8) is 0 Å². The number of nitrogens with one attached hydrogen (secondary N) is 2. The third kappa shape index (κ3) is 5.65. The molecule has 2 aromatic rings. The first-order chi connectivity index (χ1) is 13.9. The first kappa shape index (κ1) is 21.5. The number of aryl methyl sites for hydroxylation is 2. The molecule has 1 saturated carbocycles. The first-order valence-corrected chi connectivity index (χ1v) is 10.8. The van der Waals surface area contributed by atoms with Crippen molar-refractivity contribution < 1.29 is 14.1 Å². The summed E-state index contributed by atoms with van der Waals surface area (Å²) in [6.07, 6.45) is 6.49. The Morgan fingerprint density at radius 1 is 1.21 bits per heavy atom. The van der Waals surface area contributed by atoms with Gasteiger partial charge in [-0.05, 0) is 37.5 Å². The Balaban J connectivity index is 1.65. The minimum absolute atomic E-state index is 0.0954. The normalized spacial score (nSPS) is 16.1. The van der Waals surface area contributed by atoms with Gasteiger partial charge in [-0.3, -0.25) is 9.59 Å². The summed E-state index contributed by atoms with van der Waals surface area (Å²) in [5, 5.41) is 10.1. The molecule has 3 rings (SSSR count). The van der Waals surface area contributed by atoms with Crippen molar-refractivity contribution in [2.75, 3.05) is 5.32 Å². The predicted octanol–water partition coefficient (Wildman–Crippen LogP) is 4.40. The summed E-state index contributed by atoms with van der Waals surface area (Å²) in [4.78, 5) is 28.7.